The molecule has 1 aliphatic rings. The molecule has 19 heavy (non-hydrogen) atoms. The minimum absolute atomic E-state index is 0.610. The Morgan fingerprint density at radius 3 is 2.89 bits per heavy atom. The van der Waals surface area contributed by atoms with Gasteiger partial charge in [0.1, 0.15) is 0 Å². The van der Waals surface area contributed by atoms with Crippen molar-refractivity contribution in [3.8, 4) is 0 Å². The number of piperidine rings is 1. The van der Waals surface area contributed by atoms with Gasteiger partial charge in [0.05, 0.1) is 5.69 Å². The highest BCUT2D eigenvalue weighted by atomic mass is 79.9. The number of thiazole rings is 1. The normalized spacial score (nSPS) is 18.3. The molecule has 104 valence electrons. The highest BCUT2D eigenvalue weighted by molar-refractivity contribution is 9.08. The van der Waals surface area contributed by atoms with Crippen LogP contribution in [-0.2, 0) is 5.33 Å². The summed E-state index contributed by atoms with van der Waals surface area (Å²) in [7, 11) is 4.39. The molecule has 1 fully saturated rings. The third-order valence-corrected chi connectivity index (χ3v) is 5.32. The summed E-state index contributed by atoms with van der Waals surface area (Å²) in [4.78, 5) is 10.7. The quantitative estimate of drug-likeness (QED) is 0.801. The first kappa shape index (κ1) is 13.4. The van der Waals surface area contributed by atoms with Crippen molar-refractivity contribution >= 4 is 38.0 Å². The standard InChI is InChI=1S/C13H19BrN4S/c1-16-5-3-10(4-6-16)17(2)12-11(9-14)18-7-8-19-13(18)15-12/h7-8,10H,3-6,9H2,1-2H3. The maximum Gasteiger partial charge on any atom is 0.195 e. The lowest BCUT2D eigenvalue weighted by Crippen LogP contribution is -2.42. The van der Waals surface area contributed by atoms with Crippen LogP contribution < -0.4 is 4.90 Å². The molecule has 0 radical (unpaired) electrons. The van der Waals surface area contributed by atoms with Crippen LogP contribution in [0.5, 0.6) is 0 Å². The minimum atomic E-state index is 0.610. The fraction of sp³-hybridized carbons (Fsp3) is 0.615. The van der Waals surface area contributed by atoms with E-state index in [1.165, 1.54) is 31.6 Å². The molecular weight excluding hydrogens is 324 g/mol. The molecule has 0 amide bonds. The fourth-order valence-corrected chi connectivity index (χ4v) is 4.03. The lowest BCUT2D eigenvalue weighted by atomic mass is 10.0. The topological polar surface area (TPSA) is 23.8 Å². The van der Waals surface area contributed by atoms with Gasteiger partial charge in [-0.15, -0.1) is 11.3 Å². The Labute approximate surface area is 126 Å². The maximum atomic E-state index is 4.80. The first-order valence-electron chi connectivity index (χ1n) is 6.62. The number of hydrogen-bond donors (Lipinski definition) is 0. The van der Waals surface area contributed by atoms with E-state index in [0.29, 0.717) is 6.04 Å². The molecule has 0 bridgehead atoms. The Hall–Kier alpha value is -0.590. The van der Waals surface area contributed by atoms with Gasteiger partial charge in [0, 0.05) is 30.0 Å². The zero-order valence-corrected chi connectivity index (χ0v) is 13.7. The van der Waals surface area contributed by atoms with Crippen molar-refractivity contribution in [1.82, 2.24) is 14.3 Å². The minimum Gasteiger partial charge on any atom is -0.355 e. The molecule has 6 heteroatoms. The Morgan fingerprint density at radius 1 is 1.47 bits per heavy atom. The van der Waals surface area contributed by atoms with Crippen molar-refractivity contribution < 1.29 is 0 Å². The number of aromatic nitrogens is 2. The van der Waals surface area contributed by atoms with Crippen LogP contribution in [0.15, 0.2) is 11.6 Å². The Balaban J connectivity index is 1.88. The summed E-state index contributed by atoms with van der Waals surface area (Å²) < 4.78 is 2.19. The second-order valence-electron chi connectivity index (χ2n) is 5.22. The molecule has 2 aromatic rings. The van der Waals surface area contributed by atoms with Gasteiger partial charge >= 0.3 is 0 Å². The van der Waals surface area contributed by atoms with Gasteiger partial charge in [0.15, 0.2) is 10.8 Å². The van der Waals surface area contributed by atoms with Gasteiger partial charge < -0.3 is 9.80 Å². The summed E-state index contributed by atoms with van der Waals surface area (Å²) in [5.41, 5.74) is 1.26. The molecule has 0 spiro atoms. The number of hydrogen-bond acceptors (Lipinski definition) is 4. The van der Waals surface area contributed by atoms with Gasteiger partial charge in [-0.05, 0) is 33.0 Å². The lowest BCUT2D eigenvalue weighted by molar-refractivity contribution is 0.252. The third-order valence-electron chi connectivity index (χ3n) is 4.04. The molecule has 0 aliphatic carbocycles. The van der Waals surface area contributed by atoms with Crippen LogP contribution in [0.1, 0.15) is 18.5 Å². The van der Waals surface area contributed by atoms with Crippen molar-refractivity contribution in [3.05, 3.63) is 17.3 Å². The van der Waals surface area contributed by atoms with E-state index < -0.39 is 0 Å². The van der Waals surface area contributed by atoms with Crippen molar-refractivity contribution in [2.24, 2.45) is 0 Å². The monoisotopic (exact) mass is 342 g/mol. The van der Waals surface area contributed by atoms with Crippen LogP contribution in [-0.4, -0.2) is 47.5 Å². The van der Waals surface area contributed by atoms with Crippen LogP contribution in [0, 0.1) is 0 Å². The van der Waals surface area contributed by atoms with Gasteiger partial charge in [0.2, 0.25) is 0 Å². The molecule has 0 aromatic carbocycles. The molecule has 1 saturated heterocycles. The molecule has 0 N–H and O–H groups in total. The Bertz CT molecular complexity index is 556. The molecule has 2 aromatic heterocycles. The zero-order chi connectivity index (χ0) is 13.4. The predicted molar refractivity (Wildman–Crippen MR) is 84.6 cm³/mol. The SMILES string of the molecule is CN1CCC(N(C)c2nc3sccn3c2CBr)CC1. The summed E-state index contributed by atoms with van der Waals surface area (Å²) in [5, 5.41) is 2.94. The number of fused-ring (bicyclic) bond motifs is 1. The van der Waals surface area contributed by atoms with Crippen molar-refractivity contribution in [2.45, 2.75) is 24.2 Å². The second kappa shape index (κ2) is 5.42. The van der Waals surface area contributed by atoms with Gasteiger partial charge in [0.25, 0.3) is 0 Å². The smallest absolute Gasteiger partial charge is 0.195 e. The van der Waals surface area contributed by atoms with E-state index in [0.717, 1.165) is 16.1 Å². The van der Waals surface area contributed by atoms with E-state index in [1.54, 1.807) is 11.3 Å². The first-order valence-corrected chi connectivity index (χ1v) is 8.62. The predicted octanol–water partition coefficient (Wildman–Crippen LogP) is 2.82. The van der Waals surface area contributed by atoms with Crippen LogP contribution in [0.25, 0.3) is 4.96 Å². The molecular formula is C13H19BrN4S. The van der Waals surface area contributed by atoms with Gasteiger partial charge in [-0.1, -0.05) is 15.9 Å². The van der Waals surface area contributed by atoms with E-state index in [2.05, 4.69) is 55.8 Å². The Morgan fingerprint density at radius 2 is 2.21 bits per heavy atom. The fourth-order valence-electron chi connectivity index (χ4n) is 2.78. The molecule has 0 unspecified atom stereocenters. The third kappa shape index (κ3) is 2.41. The van der Waals surface area contributed by atoms with E-state index in [4.69, 9.17) is 4.98 Å². The van der Waals surface area contributed by atoms with E-state index in [1.807, 2.05) is 0 Å². The van der Waals surface area contributed by atoms with Gasteiger partial charge in [-0.2, -0.15) is 0 Å². The zero-order valence-electron chi connectivity index (χ0n) is 11.3. The summed E-state index contributed by atoms with van der Waals surface area (Å²) in [6, 6.07) is 0.610. The number of alkyl halides is 1. The number of imidazole rings is 1. The highest BCUT2D eigenvalue weighted by Crippen LogP contribution is 2.29. The summed E-state index contributed by atoms with van der Waals surface area (Å²) in [6.07, 6.45) is 4.55. The Kier molecular flexibility index (Phi) is 3.82. The summed E-state index contributed by atoms with van der Waals surface area (Å²) in [5.74, 6) is 1.14. The molecule has 1 aliphatic heterocycles. The first-order chi connectivity index (χ1) is 9.20. The highest BCUT2D eigenvalue weighted by Gasteiger charge is 2.25. The van der Waals surface area contributed by atoms with Gasteiger partial charge in [-0.25, -0.2) is 4.98 Å². The molecule has 0 atom stereocenters. The number of likely N-dealkylation sites (tertiary alicyclic amines) is 1. The van der Waals surface area contributed by atoms with Crippen LogP contribution in [0.4, 0.5) is 5.82 Å². The van der Waals surface area contributed by atoms with Crippen molar-refractivity contribution in [3.63, 3.8) is 0 Å². The number of anilines is 1. The van der Waals surface area contributed by atoms with Crippen molar-refractivity contribution in [1.29, 1.82) is 0 Å². The summed E-state index contributed by atoms with van der Waals surface area (Å²) >= 11 is 5.30. The number of halogens is 1. The summed E-state index contributed by atoms with van der Waals surface area (Å²) in [6.45, 7) is 2.36. The molecule has 0 saturated carbocycles. The van der Waals surface area contributed by atoms with Crippen molar-refractivity contribution in [2.75, 3.05) is 32.1 Å². The van der Waals surface area contributed by atoms with E-state index in [-0.39, 0.29) is 0 Å². The van der Waals surface area contributed by atoms with E-state index in [9.17, 15) is 0 Å². The average Bonchev–Trinajstić information content (AvgIpc) is 2.98. The average molecular weight is 343 g/mol. The molecule has 3 rings (SSSR count). The van der Waals surface area contributed by atoms with Gasteiger partial charge in [-0.3, -0.25) is 4.40 Å². The molecule has 4 nitrogen and oxygen atoms in total. The molecule has 3 heterocycles. The lowest BCUT2D eigenvalue weighted by Gasteiger charge is -2.35. The largest absolute Gasteiger partial charge is 0.355 e. The van der Waals surface area contributed by atoms with Crippen LogP contribution >= 0.6 is 27.3 Å². The van der Waals surface area contributed by atoms with Crippen LogP contribution in [0.3, 0.4) is 0 Å². The number of nitrogens with zero attached hydrogens (tertiary/aromatic N) is 4. The van der Waals surface area contributed by atoms with E-state index >= 15 is 0 Å². The number of rotatable bonds is 3. The van der Waals surface area contributed by atoms with Crippen LogP contribution in [0.2, 0.25) is 0 Å². The second-order valence-corrected chi connectivity index (χ2v) is 6.65. The maximum absolute atomic E-state index is 4.80.